The molecule has 1 saturated heterocycles. The molecule has 1 aliphatic heterocycles. The fourth-order valence-corrected chi connectivity index (χ4v) is 4.27. The lowest BCUT2D eigenvalue weighted by molar-refractivity contribution is 0.0551. The number of piperazine rings is 1. The lowest BCUT2D eigenvalue weighted by atomic mass is 10.1. The highest BCUT2D eigenvalue weighted by Gasteiger charge is 2.30. The summed E-state index contributed by atoms with van der Waals surface area (Å²) in [6, 6.07) is 16.3. The minimum Gasteiger partial charge on any atom is -0.335 e. The van der Waals surface area contributed by atoms with E-state index in [2.05, 4.69) is 29.5 Å². The summed E-state index contributed by atoms with van der Waals surface area (Å²) >= 11 is 1.76. The number of nitrogens with zero attached hydrogens (tertiary/aromatic N) is 3. The van der Waals surface area contributed by atoms with Crippen LogP contribution < -0.4 is 0 Å². The van der Waals surface area contributed by atoms with Crippen LogP contribution >= 0.6 is 11.3 Å². The van der Waals surface area contributed by atoms with Crippen molar-refractivity contribution in [2.45, 2.75) is 6.04 Å². The lowest BCUT2D eigenvalue weighted by Crippen LogP contribution is -2.48. The first-order valence-electron chi connectivity index (χ1n) is 8.49. The Bertz CT molecular complexity index is 842. The number of hydrogen-bond donors (Lipinski definition) is 0. The van der Waals surface area contributed by atoms with E-state index < -0.39 is 0 Å². The number of aromatic nitrogens is 1. The van der Waals surface area contributed by atoms with Crippen LogP contribution in [-0.4, -0.2) is 47.0 Å². The van der Waals surface area contributed by atoms with Crippen molar-refractivity contribution < 1.29 is 4.79 Å². The van der Waals surface area contributed by atoms with Gasteiger partial charge in [0.2, 0.25) is 0 Å². The highest BCUT2D eigenvalue weighted by molar-refractivity contribution is 7.10. The summed E-state index contributed by atoms with van der Waals surface area (Å²) in [5.74, 6) is 0.110. The Balaban J connectivity index is 1.62. The van der Waals surface area contributed by atoms with Crippen molar-refractivity contribution in [3.8, 4) is 5.69 Å². The van der Waals surface area contributed by atoms with Crippen LogP contribution in [0.3, 0.4) is 0 Å². The SMILES string of the molecule is CN1CCN(C(=O)c2ccccc2-n2cccc2)CC1c1cccs1. The number of carbonyl (C=O) groups excluding carboxylic acids is 1. The Hall–Kier alpha value is -2.37. The molecule has 2 aromatic heterocycles. The van der Waals surface area contributed by atoms with E-state index in [-0.39, 0.29) is 11.9 Å². The van der Waals surface area contributed by atoms with E-state index in [0.717, 1.165) is 30.9 Å². The van der Waals surface area contributed by atoms with Gasteiger partial charge >= 0.3 is 0 Å². The highest BCUT2D eigenvalue weighted by Crippen LogP contribution is 2.29. The van der Waals surface area contributed by atoms with Crippen molar-refractivity contribution in [1.29, 1.82) is 0 Å². The number of rotatable bonds is 3. The third kappa shape index (κ3) is 3.13. The van der Waals surface area contributed by atoms with Crippen LogP contribution in [0.25, 0.3) is 5.69 Å². The van der Waals surface area contributed by atoms with Crippen LogP contribution in [0, 0.1) is 0 Å². The van der Waals surface area contributed by atoms with Gasteiger partial charge in [-0.05, 0) is 42.8 Å². The van der Waals surface area contributed by atoms with Gasteiger partial charge in [-0.2, -0.15) is 0 Å². The molecular formula is C20H21N3OS. The average Bonchev–Trinajstić information content (AvgIpc) is 3.35. The van der Waals surface area contributed by atoms with Gasteiger partial charge in [0.15, 0.2) is 0 Å². The smallest absolute Gasteiger partial charge is 0.256 e. The Kier molecular flexibility index (Phi) is 4.42. The molecule has 128 valence electrons. The molecule has 5 heteroatoms. The molecule has 0 saturated carbocycles. The van der Waals surface area contributed by atoms with Gasteiger partial charge in [-0.3, -0.25) is 9.69 Å². The van der Waals surface area contributed by atoms with Crippen LogP contribution in [0.5, 0.6) is 0 Å². The summed E-state index contributed by atoms with van der Waals surface area (Å²) < 4.78 is 2.00. The fraction of sp³-hybridized carbons (Fsp3) is 0.250. The summed E-state index contributed by atoms with van der Waals surface area (Å²) in [7, 11) is 2.14. The Morgan fingerprint density at radius 1 is 1.04 bits per heavy atom. The van der Waals surface area contributed by atoms with E-state index in [9.17, 15) is 4.79 Å². The molecule has 0 N–H and O–H groups in total. The second-order valence-electron chi connectivity index (χ2n) is 6.37. The molecule has 1 aliphatic rings. The molecule has 1 amide bonds. The van der Waals surface area contributed by atoms with E-state index in [1.54, 1.807) is 11.3 Å². The number of benzene rings is 1. The van der Waals surface area contributed by atoms with Crippen LogP contribution in [0.4, 0.5) is 0 Å². The summed E-state index contributed by atoms with van der Waals surface area (Å²) in [6.07, 6.45) is 3.95. The van der Waals surface area contributed by atoms with Gasteiger partial charge in [0.1, 0.15) is 0 Å². The lowest BCUT2D eigenvalue weighted by Gasteiger charge is -2.39. The number of thiophene rings is 1. The van der Waals surface area contributed by atoms with Crippen molar-refractivity contribution in [3.05, 3.63) is 76.7 Å². The molecule has 4 rings (SSSR count). The summed E-state index contributed by atoms with van der Waals surface area (Å²) in [6.45, 7) is 2.38. The van der Waals surface area contributed by atoms with Gasteiger partial charge in [-0.1, -0.05) is 18.2 Å². The first-order valence-corrected chi connectivity index (χ1v) is 9.37. The van der Waals surface area contributed by atoms with Crippen molar-refractivity contribution in [2.75, 3.05) is 26.7 Å². The van der Waals surface area contributed by atoms with Crippen molar-refractivity contribution in [2.24, 2.45) is 0 Å². The molecule has 0 radical (unpaired) electrons. The average molecular weight is 351 g/mol. The van der Waals surface area contributed by atoms with E-state index >= 15 is 0 Å². The van der Waals surface area contributed by atoms with E-state index in [1.165, 1.54) is 4.88 Å². The van der Waals surface area contributed by atoms with Crippen molar-refractivity contribution >= 4 is 17.2 Å². The van der Waals surface area contributed by atoms with Gasteiger partial charge < -0.3 is 9.47 Å². The maximum atomic E-state index is 13.2. The summed E-state index contributed by atoms with van der Waals surface area (Å²) in [5, 5.41) is 2.10. The van der Waals surface area contributed by atoms with Gasteiger partial charge in [0.05, 0.1) is 17.3 Å². The fourth-order valence-electron chi connectivity index (χ4n) is 3.39. The molecule has 3 heterocycles. The molecular weight excluding hydrogens is 330 g/mol. The molecule has 0 bridgehead atoms. The van der Waals surface area contributed by atoms with Gasteiger partial charge in [0, 0.05) is 36.9 Å². The Labute approximate surface area is 151 Å². The van der Waals surface area contributed by atoms with Crippen molar-refractivity contribution in [3.63, 3.8) is 0 Å². The third-order valence-electron chi connectivity index (χ3n) is 4.82. The molecule has 1 aromatic carbocycles. The highest BCUT2D eigenvalue weighted by atomic mass is 32.1. The van der Waals surface area contributed by atoms with Crippen LogP contribution in [0.15, 0.2) is 66.3 Å². The first-order chi connectivity index (χ1) is 12.2. The maximum Gasteiger partial charge on any atom is 0.256 e. The zero-order valence-corrected chi connectivity index (χ0v) is 15.0. The summed E-state index contributed by atoms with van der Waals surface area (Å²) in [4.78, 5) is 18.9. The number of carbonyl (C=O) groups is 1. The molecule has 1 atom stereocenters. The van der Waals surface area contributed by atoms with Gasteiger partial charge in [-0.15, -0.1) is 11.3 Å². The summed E-state index contributed by atoms with van der Waals surface area (Å²) in [5.41, 5.74) is 1.69. The van der Waals surface area contributed by atoms with Crippen LogP contribution in [-0.2, 0) is 0 Å². The number of para-hydroxylation sites is 1. The normalized spacial score (nSPS) is 18.4. The monoisotopic (exact) mass is 351 g/mol. The number of likely N-dealkylation sites (N-methyl/N-ethyl adjacent to an activating group) is 1. The number of hydrogen-bond acceptors (Lipinski definition) is 3. The third-order valence-corrected chi connectivity index (χ3v) is 5.80. The second-order valence-corrected chi connectivity index (χ2v) is 7.35. The molecule has 1 fully saturated rings. The predicted molar refractivity (Wildman–Crippen MR) is 101 cm³/mol. The topological polar surface area (TPSA) is 28.5 Å². The van der Waals surface area contributed by atoms with E-state index in [0.29, 0.717) is 0 Å². The predicted octanol–water partition coefficient (Wildman–Crippen LogP) is 3.67. The Morgan fingerprint density at radius 2 is 1.84 bits per heavy atom. The zero-order chi connectivity index (χ0) is 17.2. The molecule has 25 heavy (non-hydrogen) atoms. The molecule has 0 aliphatic carbocycles. The van der Waals surface area contributed by atoms with Crippen LogP contribution in [0.2, 0.25) is 0 Å². The van der Waals surface area contributed by atoms with Gasteiger partial charge in [0.25, 0.3) is 5.91 Å². The minimum atomic E-state index is 0.110. The molecule has 1 unspecified atom stereocenters. The second kappa shape index (κ2) is 6.86. The van der Waals surface area contributed by atoms with Crippen molar-refractivity contribution in [1.82, 2.24) is 14.4 Å². The number of amides is 1. The van der Waals surface area contributed by atoms with E-state index in [1.807, 2.05) is 58.3 Å². The zero-order valence-electron chi connectivity index (χ0n) is 14.2. The quantitative estimate of drug-likeness (QED) is 0.720. The molecule has 4 nitrogen and oxygen atoms in total. The molecule has 0 spiro atoms. The van der Waals surface area contributed by atoms with Gasteiger partial charge in [-0.25, -0.2) is 0 Å². The van der Waals surface area contributed by atoms with Crippen LogP contribution in [0.1, 0.15) is 21.3 Å². The largest absolute Gasteiger partial charge is 0.335 e. The standard InChI is InChI=1S/C20H21N3OS/c1-21-12-13-23(15-18(21)19-9-6-14-25-19)20(24)16-7-2-3-8-17(16)22-10-4-5-11-22/h2-11,14,18H,12-13,15H2,1H3. The van der Waals surface area contributed by atoms with E-state index in [4.69, 9.17) is 0 Å². The minimum absolute atomic E-state index is 0.110. The Morgan fingerprint density at radius 3 is 2.60 bits per heavy atom. The first kappa shape index (κ1) is 16.1. The maximum absolute atomic E-state index is 13.2. The molecule has 3 aromatic rings.